The van der Waals surface area contributed by atoms with E-state index in [2.05, 4.69) is 10.3 Å². The number of H-pyrrole nitrogens is 1. The number of hydrogen-bond donors (Lipinski definition) is 3. The molecule has 0 aliphatic heterocycles. The molecule has 0 aliphatic carbocycles. The summed E-state index contributed by atoms with van der Waals surface area (Å²) in [7, 11) is 1.84. The van der Waals surface area contributed by atoms with Crippen molar-refractivity contribution in [2.75, 3.05) is 13.6 Å². The van der Waals surface area contributed by atoms with Gasteiger partial charge >= 0.3 is 5.76 Å². The SMILES string of the molecule is CNCC(N)c1ccc2[nH]c(=O)oc2c1. The Bertz CT molecular complexity index is 515. The van der Waals surface area contributed by atoms with Gasteiger partial charge in [-0.3, -0.25) is 4.98 Å². The van der Waals surface area contributed by atoms with Crippen LogP contribution in [0.4, 0.5) is 0 Å². The lowest BCUT2D eigenvalue weighted by molar-refractivity contribution is 0.554. The van der Waals surface area contributed by atoms with Crippen LogP contribution in [0, 0.1) is 0 Å². The summed E-state index contributed by atoms with van der Waals surface area (Å²) in [6.45, 7) is 0.681. The van der Waals surface area contributed by atoms with Crippen LogP contribution in [0.25, 0.3) is 11.1 Å². The normalized spacial score (nSPS) is 13.2. The number of hydrogen-bond acceptors (Lipinski definition) is 4. The molecule has 0 radical (unpaired) electrons. The van der Waals surface area contributed by atoms with Gasteiger partial charge in [-0.1, -0.05) is 6.07 Å². The summed E-state index contributed by atoms with van der Waals surface area (Å²) in [4.78, 5) is 13.5. The maximum atomic E-state index is 10.9. The van der Waals surface area contributed by atoms with Crippen LogP contribution in [-0.4, -0.2) is 18.6 Å². The number of fused-ring (bicyclic) bond motifs is 1. The van der Waals surface area contributed by atoms with Crippen molar-refractivity contribution in [1.29, 1.82) is 0 Å². The van der Waals surface area contributed by atoms with Gasteiger partial charge in [-0.15, -0.1) is 0 Å². The van der Waals surface area contributed by atoms with Gasteiger partial charge in [0.1, 0.15) is 0 Å². The van der Waals surface area contributed by atoms with Gasteiger partial charge < -0.3 is 15.5 Å². The van der Waals surface area contributed by atoms with Crippen LogP contribution in [0.1, 0.15) is 11.6 Å². The number of rotatable bonds is 3. The molecule has 0 aliphatic rings. The van der Waals surface area contributed by atoms with Crippen molar-refractivity contribution < 1.29 is 4.42 Å². The van der Waals surface area contributed by atoms with Crippen molar-refractivity contribution in [3.63, 3.8) is 0 Å². The smallest absolute Gasteiger partial charge is 0.408 e. The second-order valence-electron chi connectivity index (χ2n) is 3.43. The molecule has 1 heterocycles. The fourth-order valence-corrected chi connectivity index (χ4v) is 1.53. The average molecular weight is 207 g/mol. The molecule has 2 rings (SSSR count). The van der Waals surface area contributed by atoms with Gasteiger partial charge in [0.05, 0.1) is 5.52 Å². The number of benzene rings is 1. The maximum Gasteiger partial charge on any atom is 0.417 e. The summed E-state index contributed by atoms with van der Waals surface area (Å²) in [5, 5.41) is 2.99. The van der Waals surface area contributed by atoms with Crippen molar-refractivity contribution in [2.24, 2.45) is 5.73 Å². The molecule has 1 aromatic carbocycles. The van der Waals surface area contributed by atoms with Gasteiger partial charge in [-0.2, -0.15) is 0 Å². The summed E-state index contributed by atoms with van der Waals surface area (Å²) in [6.07, 6.45) is 0. The summed E-state index contributed by atoms with van der Waals surface area (Å²) in [5.74, 6) is -0.440. The monoisotopic (exact) mass is 207 g/mol. The molecular weight excluding hydrogens is 194 g/mol. The predicted molar refractivity (Wildman–Crippen MR) is 57.7 cm³/mol. The number of aromatic nitrogens is 1. The van der Waals surface area contributed by atoms with Crippen LogP contribution in [0.5, 0.6) is 0 Å². The Morgan fingerprint density at radius 1 is 1.60 bits per heavy atom. The first-order valence-electron chi connectivity index (χ1n) is 4.73. The van der Waals surface area contributed by atoms with E-state index in [1.165, 1.54) is 0 Å². The van der Waals surface area contributed by atoms with Crippen LogP contribution in [0.3, 0.4) is 0 Å². The third kappa shape index (κ3) is 1.93. The Labute approximate surface area is 86.3 Å². The van der Waals surface area contributed by atoms with Gasteiger partial charge in [-0.25, -0.2) is 4.79 Å². The molecule has 0 bridgehead atoms. The molecule has 0 saturated carbocycles. The molecule has 0 spiro atoms. The lowest BCUT2D eigenvalue weighted by Crippen LogP contribution is -2.23. The van der Waals surface area contributed by atoms with Crippen LogP contribution in [0.2, 0.25) is 0 Å². The van der Waals surface area contributed by atoms with E-state index in [0.717, 1.165) is 5.56 Å². The summed E-state index contributed by atoms with van der Waals surface area (Å²) < 4.78 is 4.95. The molecule has 1 unspecified atom stereocenters. The van der Waals surface area contributed by atoms with E-state index < -0.39 is 5.76 Å². The van der Waals surface area contributed by atoms with Gasteiger partial charge in [0.15, 0.2) is 5.58 Å². The third-order valence-corrected chi connectivity index (χ3v) is 2.30. The van der Waals surface area contributed by atoms with E-state index in [0.29, 0.717) is 17.6 Å². The predicted octanol–water partition coefficient (Wildman–Crippen LogP) is 0.340. The third-order valence-electron chi connectivity index (χ3n) is 2.30. The first kappa shape index (κ1) is 9.95. The van der Waals surface area contributed by atoms with Crippen molar-refractivity contribution in [3.8, 4) is 0 Å². The number of aromatic amines is 1. The zero-order valence-electron chi connectivity index (χ0n) is 8.41. The maximum absolute atomic E-state index is 10.9. The minimum atomic E-state index is -0.440. The van der Waals surface area contributed by atoms with E-state index in [4.69, 9.17) is 10.2 Å². The van der Waals surface area contributed by atoms with Gasteiger partial charge in [0.25, 0.3) is 0 Å². The standard InChI is InChI=1S/C10H13N3O2/c1-12-5-7(11)6-2-3-8-9(4-6)15-10(14)13-8/h2-4,7,12H,5,11H2,1H3,(H,13,14). The van der Waals surface area contributed by atoms with Crippen molar-refractivity contribution in [3.05, 3.63) is 34.3 Å². The topological polar surface area (TPSA) is 84.0 Å². The molecule has 1 aromatic heterocycles. The van der Waals surface area contributed by atoms with Crippen molar-refractivity contribution >= 4 is 11.1 Å². The molecule has 5 nitrogen and oxygen atoms in total. The Balaban J connectivity index is 2.41. The molecule has 0 saturated heterocycles. The Morgan fingerprint density at radius 3 is 3.13 bits per heavy atom. The first-order valence-corrected chi connectivity index (χ1v) is 4.73. The highest BCUT2D eigenvalue weighted by atomic mass is 16.4. The highest BCUT2D eigenvalue weighted by molar-refractivity contribution is 5.72. The molecule has 15 heavy (non-hydrogen) atoms. The van der Waals surface area contributed by atoms with Gasteiger partial charge in [-0.05, 0) is 24.7 Å². The number of likely N-dealkylation sites (N-methyl/N-ethyl adjacent to an activating group) is 1. The first-order chi connectivity index (χ1) is 7.20. The Kier molecular flexibility index (Phi) is 2.57. The van der Waals surface area contributed by atoms with Crippen LogP contribution in [-0.2, 0) is 0 Å². The zero-order valence-corrected chi connectivity index (χ0v) is 8.41. The van der Waals surface area contributed by atoms with E-state index in [9.17, 15) is 4.79 Å². The largest absolute Gasteiger partial charge is 0.417 e. The average Bonchev–Trinajstić information content (AvgIpc) is 2.57. The molecule has 80 valence electrons. The quantitative estimate of drug-likeness (QED) is 0.677. The van der Waals surface area contributed by atoms with E-state index in [-0.39, 0.29) is 6.04 Å². The number of nitrogens with one attached hydrogen (secondary N) is 2. The van der Waals surface area contributed by atoms with Crippen LogP contribution < -0.4 is 16.8 Å². The number of oxazole rings is 1. The highest BCUT2D eigenvalue weighted by Gasteiger charge is 2.07. The molecule has 0 amide bonds. The molecule has 2 aromatic rings. The van der Waals surface area contributed by atoms with Crippen molar-refractivity contribution in [2.45, 2.75) is 6.04 Å². The van der Waals surface area contributed by atoms with Crippen LogP contribution in [0.15, 0.2) is 27.4 Å². The Morgan fingerprint density at radius 2 is 2.40 bits per heavy atom. The second-order valence-corrected chi connectivity index (χ2v) is 3.43. The highest BCUT2D eigenvalue weighted by Crippen LogP contribution is 2.16. The van der Waals surface area contributed by atoms with Crippen molar-refractivity contribution in [1.82, 2.24) is 10.3 Å². The summed E-state index contributed by atoms with van der Waals surface area (Å²) in [6, 6.07) is 5.37. The minimum absolute atomic E-state index is 0.0976. The zero-order chi connectivity index (χ0) is 10.8. The summed E-state index contributed by atoms with van der Waals surface area (Å²) >= 11 is 0. The minimum Gasteiger partial charge on any atom is -0.408 e. The summed E-state index contributed by atoms with van der Waals surface area (Å²) in [5.41, 5.74) is 8.10. The molecule has 5 heteroatoms. The number of nitrogens with two attached hydrogens (primary N) is 1. The Hall–Kier alpha value is -1.59. The van der Waals surface area contributed by atoms with Gasteiger partial charge in [0.2, 0.25) is 0 Å². The molecule has 4 N–H and O–H groups in total. The van der Waals surface area contributed by atoms with Crippen LogP contribution >= 0.6 is 0 Å². The van der Waals surface area contributed by atoms with E-state index in [1.807, 2.05) is 13.1 Å². The lowest BCUT2D eigenvalue weighted by Gasteiger charge is -2.10. The molecular formula is C10H13N3O2. The fourth-order valence-electron chi connectivity index (χ4n) is 1.53. The van der Waals surface area contributed by atoms with E-state index in [1.54, 1.807) is 12.1 Å². The lowest BCUT2D eigenvalue weighted by atomic mass is 10.1. The second kappa shape index (κ2) is 3.88. The molecule has 0 fully saturated rings. The fraction of sp³-hybridized carbons (Fsp3) is 0.300. The van der Waals surface area contributed by atoms with E-state index >= 15 is 0 Å². The van der Waals surface area contributed by atoms with Gasteiger partial charge in [0, 0.05) is 12.6 Å². The molecule has 1 atom stereocenters.